The van der Waals surface area contributed by atoms with Crippen LogP contribution in [0, 0.1) is 6.92 Å². The lowest BCUT2D eigenvalue weighted by Crippen LogP contribution is -2.32. The predicted molar refractivity (Wildman–Crippen MR) is 82.4 cm³/mol. The zero-order valence-corrected chi connectivity index (χ0v) is 13.3. The first-order valence-electron chi connectivity index (χ1n) is 7.70. The Morgan fingerprint density at radius 3 is 3.00 bits per heavy atom. The van der Waals surface area contributed by atoms with Crippen LogP contribution in [0.4, 0.5) is 0 Å². The van der Waals surface area contributed by atoms with Crippen LogP contribution in [0.1, 0.15) is 56.0 Å². The zero-order chi connectivity index (χ0) is 13.9. The molecule has 3 rings (SSSR count). The largest absolute Gasteiger partial charge is 0.359 e. The van der Waals surface area contributed by atoms with Gasteiger partial charge in [0.2, 0.25) is 5.91 Å². The summed E-state index contributed by atoms with van der Waals surface area (Å²) in [5.74, 6) is 1.10. The number of amides is 1. The first-order chi connectivity index (χ1) is 9.74. The summed E-state index contributed by atoms with van der Waals surface area (Å²) >= 11 is 0. The van der Waals surface area contributed by atoms with E-state index in [1.165, 1.54) is 12.8 Å². The van der Waals surface area contributed by atoms with Gasteiger partial charge in [0, 0.05) is 25.1 Å². The number of hydrogen-bond acceptors (Lipinski definition) is 4. The number of aryl methyl sites for hydroxylation is 1. The molecule has 0 bridgehead atoms. The fourth-order valence-corrected chi connectivity index (χ4v) is 3.35. The van der Waals surface area contributed by atoms with E-state index >= 15 is 0 Å². The van der Waals surface area contributed by atoms with Crippen molar-refractivity contribution in [1.29, 1.82) is 0 Å². The van der Waals surface area contributed by atoms with Gasteiger partial charge in [-0.25, -0.2) is 0 Å². The number of rotatable bonds is 4. The van der Waals surface area contributed by atoms with Crippen molar-refractivity contribution >= 4 is 18.3 Å². The molecule has 118 valence electrons. The highest BCUT2D eigenvalue weighted by Gasteiger charge is 2.32. The van der Waals surface area contributed by atoms with Crippen LogP contribution in [-0.4, -0.2) is 35.1 Å². The Labute approximate surface area is 131 Å². The summed E-state index contributed by atoms with van der Waals surface area (Å²) in [6.07, 6.45) is 6.08. The second kappa shape index (κ2) is 7.27. The molecule has 2 unspecified atom stereocenters. The first-order valence-corrected chi connectivity index (χ1v) is 7.70. The van der Waals surface area contributed by atoms with Gasteiger partial charge in [-0.2, -0.15) is 0 Å². The maximum atomic E-state index is 12.4. The van der Waals surface area contributed by atoms with E-state index in [0.717, 1.165) is 43.8 Å². The maximum Gasteiger partial charge on any atom is 0.223 e. The van der Waals surface area contributed by atoms with Gasteiger partial charge in [-0.3, -0.25) is 4.79 Å². The molecule has 0 aromatic carbocycles. The highest BCUT2D eigenvalue weighted by molar-refractivity contribution is 5.85. The average Bonchev–Trinajstić information content (AvgIpc) is 3.16. The molecule has 2 atom stereocenters. The molecule has 0 spiro atoms. The molecule has 1 amide bonds. The van der Waals surface area contributed by atoms with Crippen molar-refractivity contribution in [2.24, 2.45) is 0 Å². The summed E-state index contributed by atoms with van der Waals surface area (Å²) in [5.41, 5.74) is 0.884. The van der Waals surface area contributed by atoms with E-state index in [2.05, 4.69) is 10.5 Å². The van der Waals surface area contributed by atoms with E-state index in [-0.39, 0.29) is 24.4 Å². The molecule has 6 heteroatoms. The lowest BCUT2D eigenvalue weighted by Gasteiger charge is -2.23. The summed E-state index contributed by atoms with van der Waals surface area (Å²) < 4.78 is 5.35. The molecule has 2 aliphatic rings. The van der Waals surface area contributed by atoms with Crippen molar-refractivity contribution in [2.75, 3.05) is 13.1 Å². The Morgan fingerprint density at radius 2 is 2.33 bits per heavy atom. The topological polar surface area (TPSA) is 58.4 Å². The molecule has 2 fully saturated rings. The summed E-state index contributed by atoms with van der Waals surface area (Å²) in [6.45, 7) is 3.86. The number of aromatic nitrogens is 1. The number of carbonyl (C=O) groups excluding carboxylic acids is 1. The Hall–Kier alpha value is -1.07. The molecule has 1 N–H and O–H groups in total. The van der Waals surface area contributed by atoms with Gasteiger partial charge in [0.05, 0.1) is 11.7 Å². The minimum absolute atomic E-state index is 0. The summed E-state index contributed by atoms with van der Waals surface area (Å²) in [6, 6.07) is 2.59. The van der Waals surface area contributed by atoms with E-state index in [0.29, 0.717) is 12.5 Å². The number of nitrogens with zero attached hydrogens (tertiary/aromatic N) is 2. The van der Waals surface area contributed by atoms with Crippen LogP contribution in [0.3, 0.4) is 0 Å². The van der Waals surface area contributed by atoms with Crippen LogP contribution in [-0.2, 0) is 4.79 Å². The third-order valence-electron chi connectivity index (χ3n) is 4.42. The molecule has 3 heterocycles. The molecule has 0 saturated carbocycles. The molecule has 1 aromatic heterocycles. The monoisotopic (exact) mass is 313 g/mol. The fraction of sp³-hybridized carbons (Fsp3) is 0.733. The van der Waals surface area contributed by atoms with Crippen LogP contribution >= 0.6 is 12.4 Å². The molecule has 2 saturated heterocycles. The standard InChI is InChI=1S/C15H23N3O2.ClH/c1-11-10-14(20-17-11)13-5-3-9-18(13)15(19)7-6-12-4-2-8-16-12;/h10,12-13,16H,2-9H2,1H3;1H. The smallest absolute Gasteiger partial charge is 0.223 e. The van der Waals surface area contributed by atoms with Crippen molar-refractivity contribution in [3.8, 4) is 0 Å². The van der Waals surface area contributed by atoms with E-state index in [4.69, 9.17) is 4.52 Å². The van der Waals surface area contributed by atoms with Crippen molar-refractivity contribution < 1.29 is 9.32 Å². The minimum atomic E-state index is 0. The van der Waals surface area contributed by atoms with Crippen LogP contribution < -0.4 is 5.32 Å². The van der Waals surface area contributed by atoms with Gasteiger partial charge in [0.15, 0.2) is 5.76 Å². The van der Waals surface area contributed by atoms with Gasteiger partial charge in [-0.15, -0.1) is 12.4 Å². The van der Waals surface area contributed by atoms with Gasteiger partial charge in [0.1, 0.15) is 0 Å². The minimum Gasteiger partial charge on any atom is -0.359 e. The quantitative estimate of drug-likeness (QED) is 0.928. The van der Waals surface area contributed by atoms with Crippen molar-refractivity contribution in [3.05, 3.63) is 17.5 Å². The van der Waals surface area contributed by atoms with Crippen molar-refractivity contribution in [1.82, 2.24) is 15.4 Å². The Morgan fingerprint density at radius 1 is 1.48 bits per heavy atom. The van der Waals surface area contributed by atoms with Crippen LogP contribution in [0.15, 0.2) is 10.6 Å². The van der Waals surface area contributed by atoms with Gasteiger partial charge in [-0.1, -0.05) is 5.16 Å². The van der Waals surface area contributed by atoms with Gasteiger partial charge >= 0.3 is 0 Å². The van der Waals surface area contributed by atoms with Gasteiger partial charge < -0.3 is 14.7 Å². The Bertz CT molecular complexity index is 471. The lowest BCUT2D eigenvalue weighted by atomic mass is 10.1. The highest BCUT2D eigenvalue weighted by atomic mass is 35.5. The third-order valence-corrected chi connectivity index (χ3v) is 4.42. The normalized spacial score (nSPS) is 25.1. The van der Waals surface area contributed by atoms with Crippen LogP contribution in [0.5, 0.6) is 0 Å². The third kappa shape index (κ3) is 3.77. The van der Waals surface area contributed by atoms with E-state index in [1.807, 2.05) is 17.9 Å². The second-order valence-electron chi connectivity index (χ2n) is 5.95. The second-order valence-corrected chi connectivity index (χ2v) is 5.95. The predicted octanol–water partition coefficient (Wildman–Crippen LogP) is 2.60. The van der Waals surface area contributed by atoms with E-state index in [1.54, 1.807) is 0 Å². The maximum absolute atomic E-state index is 12.4. The molecule has 0 aliphatic carbocycles. The molecular weight excluding hydrogens is 290 g/mol. The molecule has 5 nitrogen and oxygen atoms in total. The number of nitrogens with one attached hydrogen (secondary N) is 1. The van der Waals surface area contributed by atoms with E-state index in [9.17, 15) is 4.79 Å². The van der Waals surface area contributed by atoms with Crippen LogP contribution in [0.25, 0.3) is 0 Å². The zero-order valence-electron chi connectivity index (χ0n) is 12.5. The van der Waals surface area contributed by atoms with Crippen LogP contribution in [0.2, 0.25) is 0 Å². The van der Waals surface area contributed by atoms with Gasteiger partial charge in [-0.05, 0) is 45.6 Å². The molecule has 2 aliphatic heterocycles. The average molecular weight is 314 g/mol. The molecule has 0 radical (unpaired) electrons. The van der Waals surface area contributed by atoms with E-state index < -0.39 is 0 Å². The summed E-state index contributed by atoms with van der Waals surface area (Å²) in [7, 11) is 0. The number of likely N-dealkylation sites (tertiary alicyclic amines) is 1. The number of carbonyl (C=O) groups is 1. The Balaban J connectivity index is 0.00000161. The molecular formula is C15H24ClN3O2. The fourth-order valence-electron chi connectivity index (χ4n) is 3.35. The molecule has 1 aromatic rings. The lowest BCUT2D eigenvalue weighted by molar-refractivity contribution is -0.132. The number of hydrogen-bond donors (Lipinski definition) is 1. The van der Waals surface area contributed by atoms with Gasteiger partial charge in [0.25, 0.3) is 0 Å². The molecule has 21 heavy (non-hydrogen) atoms. The first kappa shape index (κ1) is 16.3. The number of halogens is 1. The van der Waals surface area contributed by atoms with Crippen molar-refractivity contribution in [2.45, 2.75) is 57.5 Å². The van der Waals surface area contributed by atoms with Crippen molar-refractivity contribution in [3.63, 3.8) is 0 Å². The summed E-state index contributed by atoms with van der Waals surface area (Å²) in [4.78, 5) is 14.4. The summed E-state index contributed by atoms with van der Waals surface area (Å²) in [5, 5.41) is 7.39. The SMILES string of the molecule is Cc1cc(C2CCCN2C(=O)CCC2CCCN2)on1.Cl. The Kier molecular flexibility index (Phi) is 5.65. The highest BCUT2D eigenvalue weighted by Crippen LogP contribution is 2.33.